The third-order valence-corrected chi connectivity index (χ3v) is 4.29. The minimum absolute atomic E-state index is 0.0933. The maximum absolute atomic E-state index is 5.68. The summed E-state index contributed by atoms with van der Waals surface area (Å²) in [7, 11) is 0. The molecule has 2 heteroatoms. The molecular weight excluding hydrogens is 232 g/mol. The Morgan fingerprint density at radius 1 is 1.37 bits per heavy atom. The lowest BCUT2D eigenvalue weighted by Crippen LogP contribution is -2.31. The van der Waals surface area contributed by atoms with E-state index in [0.29, 0.717) is 18.5 Å². The van der Waals surface area contributed by atoms with Gasteiger partial charge in [-0.3, -0.25) is 0 Å². The third kappa shape index (κ3) is 3.73. The van der Waals surface area contributed by atoms with Crippen LogP contribution in [0.5, 0.6) is 0 Å². The van der Waals surface area contributed by atoms with E-state index in [1.165, 1.54) is 18.4 Å². The Kier molecular flexibility index (Phi) is 5.86. The lowest BCUT2D eigenvalue weighted by Gasteiger charge is -2.29. The van der Waals surface area contributed by atoms with Crippen LogP contribution in [0.2, 0.25) is 0 Å². The van der Waals surface area contributed by atoms with Crippen LogP contribution >= 0.6 is 0 Å². The van der Waals surface area contributed by atoms with Crippen LogP contribution < -0.4 is 11.1 Å². The molecule has 0 amide bonds. The summed E-state index contributed by atoms with van der Waals surface area (Å²) in [5, 5.41) is 3.56. The Hall–Kier alpha value is -1.02. The molecule has 1 fully saturated rings. The van der Waals surface area contributed by atoms with Gasteiger partial charge in [0.15, 0.2) is 0 Å². The summed E-state index contributed by atoms with van der Waals surface area (Å²) in [6, 6.07) is 0.486. The van der Waals surface area contributed by atoms with E-state index >= 15 is 0 Å². The quantitative estimate of drug-likeness (QED) is 0.588. The Labute approximate surface area is 118 Å². The molecule has 1 rings (SSSR count). The van der Waals surface area contributed by atoms with Crippen LogP contribution in [0.4, 0.5) is 0 Å². The van der Waals surface area contributed by atoms with Crippen molar-refractivity contribution >= 4 is 0 Å². The number of nitrogens with one attached hydrogen (secondary N) is 1. The summed E-state index contributed by atoms with van der Waals surface area (Å²) in [5.41, 5.74) is 8.15. The topological polar surface area (TPSA) is 38.0 Å². The van der Waals surface area contributed by atoms with Crippen LogP contribution in [0.1, 0.15) is 46.0 Å². The predicted octanol–water partition coefficient (Wildman–Crippen LogP) is 3.77. The van der Waals surface area contributed by atoms with E-state index in [4.69, 9.17) is 5.73 Å². The van der Waals surface area contributed by atoms with Gasteiger partial charge in [0.05, 0.1) is 0 Å². The van der Waals surface area contributed by atoms with Gasteiger partial charge in [-0.05, 0) is 45.1 Å². The van der Waals surface area contributed by atoms with Crippen LogP contribution in [0.15, 0.2) is 37.1 Å². The van der Waals surface area contributed by atoms with Gasteiger partial charge in [-0.15, -0.1) is 6.58 Å². The molecule has 2 atom stereocenters. The Balaban J connectivity index is 2.67. The van der Waals surface area contributed by atoms with Crippen molar-refractivity contribution in [2.24, 2.45) is 17.1 Å². The first-order chi connectivity index (χ1) is 9.01. The van der Waals surface area contributed by atoms with Gasteiger partial charge in [0.25, 0.3) is 0 Å². The lowest BCUT2D eigenvalue weighted by molar-refractivity contribution is 0.490. The van der Waals surface area contributed by atoms with Crippen LogP contribution in [0.25, 0.3) is 0 Å². The lowest BCUT2D eigenvalue weighted by atomic mass is 9.82. The van der Waals surface area contributed by atoms with Gasteiger partial charge in [-0.2, -0.15) is 0 Å². The molecule has 0 aromatic rings. The van der Waals surface area contributed by atoms with Gasteiger partial charge in [0.1, 0.15) is 0 Å². The summed E-state index contributed by atoms with van der Waals surface area (Å²) in [5.74, 6) is 0.313. The Bertz CT molecular complexity index is 339. The van der Waals surface area contributed by atoms with E-state index in [2.05, 4.69) is 38.9 Å². The third-order valence-electron chi connectivity index (χ3n) is 4.29. The van der Waals surface area contributed by atoms with Gasteiger partial charge in [0, 0.05) is 17.2 Å². The molecule has 0 bridgehead atoms. The molecule has 0 aromatic heterocycles. The van der Waals surface area contributed by atoms with Gasteiger partial charge >= 0.3 is 0 Å². The van der Waals surface area contributed by atoms with Crippen LogP contribution in [0.3, 0.4) is 0 Å². The first-order valence-corrected chi connectivity index (χ1v) is 7.49. The predicted molar refractivity (Wildman–Crippen MR) is 84.8 cm³/mol. The SMILES string of the molecule is C=CC(CCN)C(=C)C1(C(=C)NC(C)CCC)CC1. The van der Waals surface area contributed by atoms with Crippen molar-refractivity contribution in [3.63, 3.8) is 0 Å². The second kappa shape index (κ2) is 6.95. The summed E-state index contributed by atoms with van der Waals surface area (Å²) >= 11 is 0. The fourth-order valence-corrected chi connectivity index (χ4v) is 2.85. The molecule has 3 N–H and O–H groups in total. The number of hydrogen-bond acceptors (Lipinski definition) is 2. The second-order valence-corrected chi connectivity index (χ2v) is 5.84. The highest BCUT2D eigenvalue weighted by atomic mass is 14.9. The van der Waals surface area contributed by atoms with Crippen LogP contribution in [0, 0.1) is 11.3 Å². The van der Waals surface area contributed by atoms with E-state index in [1.807, 2.05) is 6.08 Å². The van der Waals surface area contributed by atoms with E-state index in [-0.39, 0.29) is 5.41 Å². The molecule has 0 spiro atoms. The maximum atomic E-state index is 5.68. The minimum Gasteiger partial charge on any atom is -0.386 e. The molecule has 1 saturated carbocycles. The maximum Gasteiger partial charge on any atom is 0.0307 e. The molecule has 19 heavy (non-hydrogen) atoms. The fourth-order valence-electron chi connectivity index (χ4n) is 2.85. The first kappa shape index (κ1) is 16.0. The number of hydrogen-bond donors (Lipinski definition) is 2. The van der Waals surface area contributed by atoms with Crippen molar-refractivity contribution in [3.05, 3.63) is 37.1 Å². The fraction of sp³-hybridized carbons (Fsp3) is 0.647. The molecular formula is C17H30N2. The van der Waals surface area contributed by atoms with Crippen molar-refractivity contribution in [1.82, 2.24) is 5.32 Å². The molecule has 0 aliphatic heterocycles. The number of nitrogens with two attached hydrogens (primary N) is 1. The molecule has 108 valence electrons. The Morgan fingerprint density at radius 3 is 2.42 bits per heavy atom. The molecule has 0 aromatic carbocycles. The molecule has 1 aliphatic carbocycles. The van der Waals surface area contributed by atoms with Crippen molar-refractivity contribution in [2.45, 2.75) is 52.0 Å². The average Bonchev–Trinajstić information content (AvgIpc) is 3.16. The highest BCUT2D eigenvalue weighted by Gasteiger charge is 2.49. The zero-order valence-corrected chi connectivity index (χ0v) is 12.7. The molecule has 1 aliphatic rings. The zero-order valence-electron chi connectivity index (χ0n) is 12.7. The van der Waals surface area contributed by atoms with Crippen molar-refractivity contribution in [2.75, 3.05) is 6.54 Å². The molecule has 0 radical (unpaired) electrons. The summed E-state index contributed by atoms with van der Waals surface area (Å²) in [6.07, 6.45) is 7.60. The molecule has 0 saturated heterocycles. The van der Waals surface area contributed by atoms with Gasteiger partial charge in [-0.1, -0.05) is 38.2 Å². The summed E-state index contributed by atoms with van der Waals surface area (Å²) in [6.45, 7) is 17.6. The van der Waals surface area contributed by atoms with Gasteiger partial charge < -0.3 is 11.1 Å². The van der Waals surface area contributed by atoms with Gasteiger partial charge in [-0.25, -0.2) is 0 Å². The average molecular weight is 262 g/mol. The molecule has 2 unspecified atom stereocenters. The minimum atomic E-state index is 0.0933. The van der Waals surface area contributed by atoms with Crippen molar-refractivity contribution < 1.29 is 0 Å². The van der Waals surface area contributed by atoms with Crippen molar-refractivity contribution in [3.8, 4) is 0 Å². The summed E-state index contributed by atoms with van der Waals surface area (Å²) in [4.78, 5) is 0. The zero-order chi connectivity index (χ0) is 14.5. The normalized spacial score (nSPS) is 19.3. The highest BCUT2D eigenvalue weighted by Crippen LogP contribution is 2.58. The Morgan fingerprint density at radius 2 is 2.00 bits per heavy atom. The smallest absolute Gasteiger partial charge is 0.0307 e. The monoisotopic (exact) mass is 262 g/mol. The standard InChI is InChI=1S/C17H30N2/c1-6-8-13(3)19-15(5)17(10-11-17)14(4)16(7-2)9-12-18/h7,13,16,19H,2,4-6,8-12,18H2,1,3H3. The van der Waals surface area contributed by atoms with E-state index in [9.17, 15) is 0 Å². The van der Waals surface area contributed by atoms with Gasteiger partial charge in [0.2, 0.25) is 0 Å². The van der Waals surface area contributed by atoms with E-state index in [1.54, 1.807) is 0 Å². The largest absolute Gasteiger partial charge is 0.386 e. The highest BCUT2D eigenvalue weighted by molar-refractivity contribution is 5.35. The van der Waals surface area contributed by atoms with Crippen molar-refractivity contribution in [1.29, 1.82) is 0 Å². The molecule has 0 heterocycles. The number of allylic oxidation sites excluding steroid dienone is 2. The van der Waals surface area contributed by atoms with E-state index < -0.39 is 0 Å². The second-order valence-electron chi connectivity index (χ2n) is 5.84. The molecule has 2 nitrogen and oxygen atoms in total. The first-order valence-electron chi connectivity index (χ1n) is 7.49. The summed E-state index contributed by atoms with van der Waals surface area (Å²) < 4.78 is 0. The number of rotatable bonds is 10. The van der Waals surface area contributed by atoms with E-state index in [0.717, 1.165) is 25.0 Å². The van der Waals surface area contributed by atoms with Crippen LogP contribution in [-0.4, -0.2) is 12.6 Å². The van der Waals surface area contributed by atoms with Crippen LogP contribution in [-0.2, 0) is 0 Å².